The standard InChI is InChI=1S/C17H18FN5/c1-2-22(11-12-4-3-5-14(18)10-12)16-17-21-20-15(13-6-7-13)23(17)9-8-19-16/h3-5,8-10,13H,2,6-7,11H2,1H3. The lowest BCUT2D eigenvalue weighted by molar-refractivity contribution is 0.624. The third kappa shape index (κ3) is 2.65. The molecule has 5 nitrogen and oxygen atoms in total. The number of aromatic nitrogens is 4. The minimum absolute atomic E-state index is 0.219. The Hall–Kier alpha value is -2.50. The fourth-order valence-electron chi connectivity index (χ4n) is 2.87. The Labute approximate surface area is 133 Å². The van der Waals surface area contributed by atoms with Crippen LogP contribution >= 0.6 is 0 Å². The summed E-state index contributed by atoms with van der Waals surface area (Å²) < 4.78 is 15.5. The molecule has 2 aromatic heterocycles. The number of nitrogens with zero attached hydrogens (tertiary/aromatic N) is 5. The smallest absolute Gasteiger partial charge is 0.203 e. The summed E-state index contributed by atoms with van der Waals surface area (Å²) in [5.74, 6) is 2.12. The van der Waals surface area contributed by atoms with Crippen LogP contribution in [0.3, 0.4) is 0 Å². The van der Waals surface area contributed by atoms with E-state index in [0.717, 1.165) is 29.4 Å². The van der Waals surface area contributed by atoms with E-state index in [2.05, 4.69) is 27.0 Å². The Morgan fingerprint density at radius 1 is 1.30 bits per heavy atom. The van der Waals surface area contributed by atoms with Crippen LogP contribution in [0.15, 0.2) is 36.7 Å². The fourth-order valence-corrected chi connectivity index (χ4v) is 2.87. The van der Waals surface area contributed by atoms with Crippen molar-refractivity contribution in [3.05, 3.63) is 53.9 Å². The first-order valence-corrected chi connectivity index (χ1v) is 7.95. The molecule has 0 bridgehead atoms. The van der Waals surface area contributed by atoms with Gasteiger partial charge in [0.2, 0.25) is 5.65 Å². The van der Waals surface area contributed by atoms with Gasteiger partial charge in [-0.05, 0) is 37.5 Å². The van der Waals surface area contributed by atoms with Crippen molar-refractivity contribution in [3.8, 4) is 0 Å². The van der Waals surface area contributed by atoms with Gasteiger partial charge in [0.1, 0.15) is 11.6 Å². The van der Waals surface area contributed by atoms with Crippen LogP contribution in [-0.2, 0) is 6.54 Å². The second kappa shape index (κ2) is 5.61. The van der Waals surface area contributed by atoms with Crippen molar-refractivity contribution in [1.29, 1.82) is 0 Å². The van der Waals surface area contributed by atoms with Crippen molar-refractivity contribution in [2.75, 3.05) is 11.4 Å². The highest BCUT2D eigenvalue weighted by molar-refractivity contribution is 5.64. The molecular formula is C17H18FN5. The number of halogens is 1. The average molecular weight is 311 g/mol. The summed E-state index contributed by atoms with van der Waals surface area (Å²) in [6.07, 6.45) is 6.06. The molecule has 0 radical (unpaired) electrons. The number of hydrogen-bond acceptors (Lipinski definition) is 4. The predicted molar refractivity (Wildman–Crippen MR) is 85.9 cm³/mol. The second-order valence-electron chi connectivity index (χ2n) is 5.92. The molecule has 0 spiro atoms. The lowest BCUT2D eigenvalue weighted by Crippen LogP contribution is -2.24. The van der Waals surface area contributed by atoms with Crippen molar-refractivity contribution in [2.45, 2.75) is 32.2 Å². The summed E-state index contributed by atoms with van der Waals surface area (Å²) in [5.41, 5.74) is 1.69. The Morgan fingerprint density at radius 3 is 2.91 bits per heavy atom. The van der Waals surface area contributed by atoms with Gasteiger partial charge in [-0.25, -0.2) is 9.37 Å². The highest BCUT2D eigenvalue weighted by Gasteiger charge is 2.29. The number of fused-ring (bicyclic) bond motifs is 1. The monoisotopic (exact) mass is 311 g/mol. The van der Waals surface area contributed by atoms with Crippen LogP contribution in [0.4, 0.5) is 10.2 Å². The van der Waals surface area contributed by atoms with E-state index < -0.39 is 0 Å². The quantitative estimate of drug-likeness (QED) is 0.726. The Balaban J connectivity index is 1.71. The summed E-state index contributed by atoms with van der Waals surface area (Å²) in [4.78, 5) is 6.59. The first kappa shape index (κ1) is 14.1. The van der Waals surface area contributed by atoms with Gasteiger partial charge < -0.3 is 4.90 Å². The summed E-state index contributed by atoms with van der Waals surface area (Å²) in [6.45, 7) is 3.41. The van der Waals surface area contributed by atoms with E-state index >= 15 is 0 Å². The first-order valence-electron chi connectivity index (χ1n) is 7.95. The Morgan fingerprint density at radius 2 is 2.17 bits per heavy atom. The molecule has 1 saturated carbocycles. The predicted octanol–water partition coefficient (Wildman–Crippen LogP) is 3.17. The molecule has 1 aliphatic carbocycles. The van der Waals surface area contributed by atoms with E-state index in [0.29, 0.717) is 12.5 Å². The lowest BCUT2D eigenvalue weighted by atomic mass is 10.2. The number of benzene rings is 1. The minimum atomic E-state index is -0.219. The zero-order valence-electron chi connectivity index (χ0n) is 13.0. The molecule has 6 heteroatoms. The molecule has 2 heterocycles. The van der Waals surface area contributed by atoms with Gasteiger partial charge in [0.05, 0.1) is 0 Å². The highest BCUT2D eigenvalue weighted by Crippen LogP contribution is 2.39. The molecule has 1 aromatic carbocycles. The third-order valence-electron chi connectivity index (χ3n) is 4.22. The molecule has 1 fully saturated rings. The maximum Gasteiger partial charge on any atom is 0.203 e. The van der Waals surface area contributed by atoms with E-state index in [9.17, 15) is 4.39 Å². The van der Waals surface area contributed by atoms with Crippen LogP contribution in [-0.4, -0.2) is 26.1 Å². The van der Waals surface area contributed by atoms with Gasteiger partial charge in [-0.2, -0.15) is 0 Å². The molecule has 0 atom stereocenters. The third-order valence-corrected chi connectivity index (χ3v) is 4.22. The Kier molecular flexibility index (Phi) is 3.44. The molecule has 0 amide bonds. The minimum Gasteiger partial charge on any atom is -0.349 e. The summed E-state index contributed by atoms with van der Waals surface area (Å²) >= 11 is 0. The maximum absolute atomic E-state index is 13.4. The molecule has 0 aliphatic heterocycles. The van der Waals surface area contributed by atoms with Gasteiger partial charge in [0, 0.05) is 31.4 Å². The normalized spacial score (nSPS) is 14.3. The first-order chi connectivity index (χ1) is 11.3. The molecule has 23 heavy (non-hydrogen) atoms. The van der Waals surface area contributed by atoms with Crippen molar-refractivity contribution >= 4 is 11.5 Å². The zero-order valence-corrected chi connectivity index (χ0v) is 13.0. The van der Waals surface area contributed by atoms with Crippen LogP contribution in [0.1, 0.15) is 37.1 Å². The van der Waals surface area contributed by atoms with Crippen LogP contribution in [0, 0.1) is 5.82 Å². The largest absolute Gasteiger partial charge is 0.349 e. The van der Waals surface area contributed by atoms with E-state index in [1.165, 1.54) is 18.9 Å². The van der Waals surface area contributed by atoms with E-state index in [1.54, 1.807) is 18.3 Å². The lowest BCUT2D eigenvalue weighted by Gasteiger charge is -2.22. The fraction of sp³-hybridized carbons (Fsp3) is 0.353. The van der Waals surface area contributed by atoms with Crippen LogP contribution in [0.5, 0.6) is 0 Å². The summed E-state index contributed by atoms with van der Waals surface area (Å²) in [5, 5.41) is 8.68. The van der Waals surface area contributed by atoms with Crippen LogP contribution in [0.2, 0.25) is 0 Å². The molecule has 0 N–H and O–H groups in total. The average Bonchev–Trinajstić information content (AvgIpc) is 3.31. The van der Waals surface area contributed by atoms with Crippen LogP contribution < -0.4 is 4.90 Å². The number of anilines is 1. The molecular weight excluding hydrogens is 293 g/mol. The van der Waals surface area contributed by atoms with Crippen molar-refractivity contribution in [2.24, 2.45) is 0 Å². The molecule has 3 aromatic rings. The van der Waals surface area contributed by atoms with Gasteiger partial charge in [0.15, 0.2) is 5.82 Å². The van der Waals surface area contributed by atoms with Crippen LogP contribution in [0.25, 0.3) is 5.65 Å². The van der Waals surface area contributed by atoms with Crippen molar-refractivity contribution < 1.29 is 4.39 Å². The summed E-state index contributed by atoms with van der Waals surface area (Å²) in [7, 11) is 0. The molecule has 118 valence electrons. The SMILES string of the molecule is CCN(Cc1cccc(F)c1)c1nccn2c(C3CC3)nnc12. The van der Waals surface area contributed by atoms with E-state index in [1.807, 2.05) is 16.7 Å². The van der Waals surface area contributed by atoms with Crippen molar-refractivity contribution in [3.63, 3.8) is 0 Å². The summed E-state index contributed by atoms with van der Waals surface area (Å²) in [6, 6.07) is 6.67. The maximum atomic E-state index is 13.4. The van der Waals surface area contributed by atoms with Gasteiger partial charge in [-0.3, -0.25) is 4.40 Å². The Bertz CT molecular complexity index is 840. The van der Waals surface area contributed by atoms with E-state index in [4.69, 9.17) is 0 Å². The topological polar surface area (TPSA) is 46.3 Å². The number of hydrogen-bond donors (Lipinski definition) is 0. The molecule has 0 unspecified atom stereocenters. The van der Waals surface area contributed by atoms with Gasteiger partial charge in [-0.15, -0.1) is 10.2 Å². The molecule has 0 saturated heterocycles. The van der Waals surface area contributed by atoms with E-state index in [-0.39, 0.29) is 5.82 Å². The number of rotatable bonds is 5. The highest BCUT2D eigenvalue weighted by atomic mass is 19.1. The zero-order chi connectivity index (χ0) is 15.8. The second-order valence-corrected chi connectivity index (χ2v) is 5.92. The molecule has 1 aliphatic rings. The molecule has 4 rings (SSSR count). The van der Waals surface area contributed by atoms with Gasteiger partial charge >= 0.3 is 0 Å². The van der Waals surface area contributed by atoms with Gasteiger partial charge in [-0.1, -0.05) is 12.1 Å². The van der Waals surface area contributed by atoms with Gasteiger partial charge in [0.25, 0.3) is 0 Å². The van der Waals surface area contributed by atoms with Crippen molar-refractivity contribution in [1.82, 2.24) is 19.6 Å².